The topological polar surface area (TPSA) is 64.6 Å². The first-order valence-electron chi connectivity index (χ1n) is 8.29. The summed E-state index contributed by atoms with van der Waals surface area (Å²) >= 11 is 0. The molecule has 0 saturated carbocycles. The van der Waals surface area contributed by atoms with Crippen LogP contribution >= 0.6 is 0 Å². The number of nitrogens with one attached hydrogen (secondary N) is 1. The van der Waals surface area contributed by atoms with E-state index in [2.05, 4.69) is 5.32 Å². The van der Waals surface area contributed by atoms with Crippen LogP contribution in [0.5, 0.6) is 5.75 Å². The van der Waals surface area contributed by atoms with E-state index < -0.39 is 12.1 Å². The standard InChI is InChI=1S/C20H23NO4/c1-3-13-21-20(23)19(16-7-5-4-6-8-16)25-18(22)14-15-9-11-17(24-2)12-10-15/h4-12,19H,3,13-14H2,1-2H3,(H,21,23). The number of benzene rings is 2. The molecule has 1 atom stereocenters. The Morgan fingerprint density at radius 2 is 1.72 bits per heavy atom. The predicted molar refractivity (Wildman–Crippen MR) is 95.3 cm³/mol. The van der Waals surface area contributed by atoms with E-state index in [9.17, 15) is 9.59 Å². The van der Waals surface area contributed by atoms with E-state index in [1.165, 1.54) is 0 Å². The maximum Gasteiger partial charge on any atom is 0.311 e. The molecule has 5 heteroatoms. The second-order valence-electron chi connectivity index (χ2n) is 5.60. The van der Waals surface area contributed by atoms with E-state index in [0.29, 0.717) is 12.1 Å². The normalized spacial score (nSPS) is 11.4. The van der Waals surface area contributed by atoms with Gasteiger partial charge in [-0.3, -0.25) is 9.59 Å². The number of methoxy groups -OCH3 is 1. The molecule has 0 heterocycles. The van der Waals surface area contributed by atoms with Gasteiger partial charge in [0.25, 0.3) is 5.91 Å². The molecule has 132 valence electrons. The molecule has 0 radical (unpaired) electrons. The molecule has 0 bridgehead atoms. The van der Waals surface area contributed by atoms with Crippen molar-refractivity contribution in [1.29, 1.82) is 0 Å². The summed E-state index contributed by atoms with van der Waals surface area (Å²) in [6.45, 7) is 2.51. The molecule has 0 aliphatic carbocycles. The highest BCUT2D eigenvalue weighted by Crippen LogP contribution is 2.19. The smallest absolute Gasteiger partial charge is 0.311 e. The molecule has 25 heavy (non-hydrogen) atoms. The van der Waals surface area contributed by atoms with Crippen molar-refractivity contribution in [2.45, 2.75) is 25.9 Å². The van der Waals surface area contributed by atoms with Gasteiger partial charge in [0, 0.05) is 12.1 Å². The molecular formula is C20H23NO4. The Morgan fingerprint density at radius 1 is 1.04 bits per heavy atom. The number of hydrogen-bond donors (Lipinski definition) is 1. The molecular weight excluding hydrogens is 318 g/mol. The van der Waals surface area contributed by atoms with Crippen LogP contribution in [0.15, 0.2) is 54.6 Å². The highest BCUT2D eigenvalue weighted by Gasteiger charge is 2.24. The van der Waals surface area contributed by atoms with Crippen LogP contribution in [0.4, 0.5) is 0 Å². The molecule has 0 spiro atoms. The SMILES string of the molecule is CCCNC(=O)C(OC(=O)Cc1ccc(OC)cc1)c1ccccc1. The van der Waals surface area contributed by atoms with Gasteiger partial charge >= 0.3 is 5.97 Å². The van der Waals surface area contributed by atoms with Gasteiger partial charge in [-0.1, -0.05) is 49.4 Å². The number of carbonyl (C=O) groups excluding carboxylic acids is 2. The minimum Gasteiger partial charge on any atom is -0.497 e. The molecule has 0 aliphatic heterocycles. The van der Waals surface area contributed by atoms with E-state index in [4.69, 9.17) is 9.47 Å². The molecule has 0 aromatic heterocycles. The van der Waals surface area contributed by atoms with Gasteiger partial charge in [-0.25, -0.2) is 0 Å². The summed E-state index contributed by atoms with van der Waals surface area (Å²) in [5.74, 6) is -0.0416. The second-order valence-corrected chi connectivity index (χ2v) is 5.60. The van der Waals surface area contributed by atoms with E-state index in [1.54, 1.807) is 43.5 Å². The zero-order valence-electron chi connectivity index (χ0n) is 14.5. The van der Waals surface area contributed by atoms with Crippen molar-refractivity contribution < 1.29 is 19.1 Å². The fourth-order valence-corrected chi connectivity index (χ4v) is 2.32. The Labute approximate surface area is 148 Å². The average Bonchev–Trinajstić information content (AvgIpc) is 2.65. The van der Waals surface area contributed by atoms with Gasteiger partial charge in [-0.05, 0) is 24.1 Å². The predicted octanol–water partition coefficient (Wildman–Crippen LogP) is 3.05. The molecule has 1 amide bonds. The Bertz CT molecular complexity index is 683. The van der Waals surface area contributed by atoms with Crippen molar-refractivity contribution >= 4 is 11.9 Å². The number of hydrogen-bond acceptors (Lipinski definition) is 4. The van der Waals surface area contributed by atoms with Crippen LogP contribution in [0.25, 0.3) is 0 Å². The Hall–Kier alpha value is -2.82. The van der Waals surface area contributed by atoms with Gasteiger partial charge in [-0.2, -0.15) is 0 Å². The van der Waals surface area contributed by atoms with Crippen LogP contribution in [0.2, 0.25) is 0 Å². The van der Waals surface area contributed by atoms with Crippen molar-refractivity contribution in [3.63, 3.8) is 0 Å². The largest absolute Gasteiger partial charge is 0.497 e. The minimum atomic E-state index is -0.946. The first kappa shape index (κ1) is 18.5. The third-order valence-corrected chi connectivity index (χ3v) is 3.65. The summed E-state index contributed by atoms with van der Waals surface area (Å²) < 4.78 is 10.6. The van der Waals surface area contributed by atoms with Crippen LogP contribution < -0.4 is 10.1 Å². The number of rotatable bonds is 8. The lowest BCUT2D eigenvalue weighted by atomic mass is 10.1. The molecule has 0 saturated heterocycles. The third kappa shape index (κ3) is 5.64. The van der Waals surface area contributed by atoms with Gasteiger partial charge in [0.15, 0.2) is 0 Å². The zero-order chi connectivity index (χ0) is 18.1. The summed E-state index contributed by atoms with van der Waals surface area (Å²) in [5, 5.41) is 2.78. The zero-order valence-corrected chi connectivity index (χ0v) is 14.5. The van der Waals surface area contributed by atoms with Crippen LogP contribution in [0.1, 0.15) is 30.6 Å². The Morgan fingerprint density at radius 3 is 2.32 bits per heavy atom. The van der Waals surface area contributed by atoms with Gasteiger partial charge in [0.1, 0.15) is 5.75 Å². The lowest BCUT2D eigenvalue weighted by Gasteiger charge is -2.18. The summed E-state index contributed by atoms with van der Waals surface area (Å²) in [6.07, 6.45) is -0.0416. The van der Waals surface area contributed by atoms with Gasteiger partial charge in [0.05, 0.1) is 13.5 Å². The summed E-state index contributed by atoms with van der Waals surface area (Å²) in [6, 6.07) is 16.2. The van der Waals surface area contributed by atoms with Crippen molar-refractivity contribution in [2.24, 2.45) is 0 Å². The molecule has 2 rings (SSSR count). The Kier molecular flexibility index (Phi) is 7.01. The number of esters is 1. The highest BCUT2D eigenvalue weighted by atomic mass is 16.5. The van der Waals surface area contributed by atoms with Gasteiger partial charge < -0.3 is 14.8 Å². The van der Waals surface area contributed by atoms with Crippen LogP contribution in [-0.2, 0) is 20.7 Å². The summed E-state index contributed by atoms with van der Waals surface area (Å²) in [4.78, 5) is 24.7. The second kappa shape index (κ2) is 9.47. The molecule has 0 fully saturated rings. The third-order valence-electron chi connectivity index (χ3n) is 3.65. The lowest BCUT2D eigenvalue weighted by Crippen LogP contribution is -2.33. The van der Waals surface area contributed by atoms with Crippen LogP contribution in [-0.4, -0.2) is 25.5 Å². The lowest BCUT2D eigenvalue weighted by molar-refractivity contribution is -0.155. The van der Waals surface area contributed by atoms with Crippen molar-refractivity contribution in [1.82, 2.24) is 5.32 Å². The maximum atomic E-state index is 12.4. The molecule has 0 aliphatic rings. The fourth-order valence-electron chi connectivity index (χ4n) is 2.32. The first-order valence-corrected chi connectivity index (χ1v) is 8.29. The van der Waals surface area contributed by atoms with E-state index in [-0.39, 0.29) is 12.3 Å². The quantitative estimate of drug-likeness (QED) is 0.750. The number of ether oxygens (including phenoxy) is 2. The fraction of sp³-hybridized carbons (Fsp3) is 0.300. The average molecular weight is 341 g/mol. The number of carbonyl (C=O) groups is 2. The molecule has 2 aromatic rings. The maximum absolute atomic E-state index is 12.4. The molecule has 1 N–H and O–H groups in total. The Balaban J connectivity index is 2.06. The van der Waals surface area contributed by atoms with Gasteiger partial charge in [-0.15, -0.1) is 0 Å². The monoisotopic (exact) mass is 341 g/mol. The van der Waals surface area contributed by atoms with Crippen molar-refractivity contribution in [2.75, 3.05) is 13.7 Å². The van der Waals surface area contributed by atoms with Crippen molar-refractivity contribution in [3.05, 3.63) is 65.7 Å². The molecule has 5 nitrogen and oxygen atoms in total. The summed E-state index contributed by atoms with van der Waals surface area (Å²) in [5.41, 5.74) is 1.45. The van der Waals surface area contributed by atoms with Gasteiger partial charge in [0.2, 0.25) is 6.10 Å². The molecule has 2 aromatic carbocycles. The minimum absolute atomic E-state index is 0.0917. The van der Waals surface area contributed by atoms with E-state index >= 15 is 0 Å². The molecule has 1 unspecified atom stereocenters. The number of amides is 1. The highest BCUT2D eigenvalue weighted by molar-refractivity contribution is 5.85. The van der Waals surface area contributed by atoms with E-state index in [1.807, 2.05) is 25.1 Å². The first-order chi connectivity index (χ1) is 12.1. The van der Waals surface area contributed by atoms with E-state index in [0.717, 1.165) is 17.7 Å². The van der Waals surface area contributed by atoms with Crippen LogP contribution in [0, 0.1) is 0 Å². The van der Waals surface area contributed by atoms with Crippen LogP contribution in [0.3, 0.4) is 0 Å². The van der Waals surface area contributed by atoms with Crippen molar-refractivity contribution in [3.8, 4) is 5.75 Å². The summed E-state index contributed by atoms with van der Waals surface area (Å²) in [7, 11) is 1.59.